The van der Waals surface area contributed by atoms with Crippen molar-refractivity contribution in [3.8, 4) is 16.9 Å². The number of amidine groups is 1. The first kappa shape index (κ1) is 20.5. The highest BCUT2D eigenvalue weighted by molar-refractivity contribution is 6.31. The Bertz CT molecular complexity index is 1000. The summed E-state index contributed by atoms with van der Waals surface area (Å²) in [5, 5.41) is 6.32. The Balaban J connectivity index is 0.00000225. The molecular formula is C22H22Cl2N2O2. The van der Waals surface area contributed by atoms with Gasteiger partial charge in [0.25, 0.3) is 0 Å². The molecule has 0 atom stereocenters. The highest BCUT2D eigenvalue weighted by atomic mass is 35.5. The molecule has 0 radical (unpaired) electrons. The Hall–Kier alpha value is -2.27. The van der Waals surface area contributed by atoms with Crippen molar-refractivity contribution in [2.24, 2.45) is 4.99 Å². The van der Waals surface area contributed by atoms with Crippen LogP contribution in [0, 0.1) is 0 Å². The first-order valence-electron chi connectivity index (χ1n) is 9.00. The van der Waals surface area contributed by atoms with Crippen molar-refractivity contribution >= 4 is 40.6 Å². The molecule has 0 saturated heterocycles. The summed E-state index contributed by atoms with van der Waals surface area (Å²) >= 11 is 6.30. The van der Waals surface area contributed by atoms with Crippen LogP contribution in [0.15, 0.2) is 59.6 Å². The van der Waals surface area contributed by atoms with Gasteiger partial charge in [-0.25, -0.2) is 0 Å². The zero-order valence-corrected chi connectivity index (χ0v) is 17.1. The van der Waals surface area contributed by atoms with Gasteiger partial charge in [0, 0.05) is 24.2 Å². The van der Waals surface area contributed by atoms with Crippen molar-refractivity contribution in [2.75, 3.05) is 33.4 Å². The Labute approximate surface area is 175 Å². The topological polar surface area (TPSA) is 42.9 Å². The fourth-order valence-corrected chi connectivity index (χ4v) is 3.58. The van der Waals surface area contributed by atoms with Gasteiger partial charge < -0.3 is 14.8 Å². The van der Waals surface area contributed by atoms with E-state index in [9.17, 15) is 0 Å². The van der Waals surface area contributed by atoms with Crippen LogP contribution in [0.1, 0.15) is 5.56 Å². The second-order valence-corrected chi connectivity index (χ2v) is 6.79. The van der Waals surface area contributed by atoms with Crippen molar-refractivity contribution in [3.63, 3.8) is 0 Å². The van der Waals surface area contributed by atoms with Gasteiger partial charge in [-0.05, 0) is 34.5 Å². The molecule has 1 N–H and O–H groups in total. The zero-order valence-electron chi connectivity index (χ0n) is 15.6. The molecule has 0 amide bonds. The lowest BCUT2D eigenvalue weighted by Gasteiger charge is -2.19. The minimum Gasteiger partial charge on any atom is -0.490 e. The number of methoxy groups -OCH3 is 1. The summed E-state index contributed by atoms with van der Waals surface area (Å²) in [6.45, 7) is 2.59. The third kappa shape index (κ3) is 4.09. The molecular weight excluding hydrogens is 395 g/mol. The smallest absolute Gasteiger partial charge is 0.138 e. The quantitative estimate of drug-likeness (QED) is 0.577. The molecule has 3 aromatic carbocycles. The number of nitrogens with one attached hydrogen (secondary N) is 1. The van der Waals surface area contributed by atoms with Gasteiger partial charge in [0.1, 0.15) is 18.2 Å². The van der Waals surface area contributed by atoms with Crippen molar-refractivity contribution in [2.45, 2.75) is 0 Å². The lowest BCUT2D eigenvalue weighted by molar-refractivity contribution is 0.146. The van der Waals surface area contributed by atoms with Gasteiger partial charge >= 0.3 is 0 Å². The highest BCUT2D eigenvalue weighted by Crippen LogP contribution is 2.41. The van der Waals surface area contributed by atoms with Gasteiger partial charge in [-0.15, -0.1) is 12.4 Å². The second-order valence-electron chi connectivity index (χ2n) is 6.36. The molecule has 28 heavy (non-hydrogen) atoms. The molecule has 1 heterocycles. The van der Waals surface area contributed by atoms with Crippen LogP contribution in [-0.2, 0) is 4.74 Å². The fraction of sp³-hybridized carbons (Fsp3) is 0.227. The van der Waals surface area contributed by atoms with Gasteiger partial charge in [0.15, 0.2) is 0 Å². The minimum absolute atomic E-state index is 0. The molecule has 0 bridgehead atoms. The van der Waals surface area contributed by atoms with Crippen molar-refractivity contribution < 1.29 is 9.47 Å². The minimum atomic E-state index is 0. The van der Waals surface area contributed by atoms with Crippen LogP contribution < -0.4 is 10.1 Å². The molecule has 146 valence electrons. The molecule has 1 aliphatic rings. The van der Waals surface area contributed by atoms with E-state index in [1.807, 2.05) is 30.3 Å². The van der Waals surface area contributed by atoms with E-state index in [1.165, 1.54) is 0 Å². The van der Waals surface area contributed by atoms with E-state index < -0.39 is 0 Å². The van der Waals surface area contributed by atoms with Gasteiger partial charge in [-0.3, -0.25) is 4.99 Å². The summed E-state index contributed by atoms with van der Waals surface area (Å²) in [4.78, 5) is 4.62. The highest BCUT2D eigenvalue weighted by Gasteiger charge is 2.21. The Kier molecular flexibility index (Phi) is 6.79. The lowest BCUT2D eigenvalue weighted by Crippen LogP contribution is -2.21. The number of aliphatic imine (C=N–C) groups is 1. The zero-order chi connectivity index (χ0) is 18.6. The van der Waals surface area contributed by atoms with Crippen LogP contribution in [0.2, 0.25) is 5.02 Å². The summed E-state index contributed by atoms with van der Waals surface area (Å²) in [6.07, 6.45) is 0. The summed E-state index contributed by atoms with van der Waals surface area (Å²) in [5.74, 6) is 1.68. The largest absolute Gasteiger partial charge is 0.490 e. The van der Waals surface area contributed by atoms with Crippen LogP contribution in [0.5, 0.6) is 5.75 Å². The Morgan fingerprint density at radius 1 is 1.07 bits per heavy atom. The Morgan fingerprint density at radius 3 is 2.68 bits per heavy atom. The SMILES string of the molecule is COCCOc1c(C2=NCCN2)cc2ccccc2c1-c1cccc(Cl)c1.Cl. The second kappa shape index (κ2) is 9.28. The van der Waals surface area contributed by atoms with E-state index in [1.54, 1.807) is 7.11 Å². The van der Waals surface area contributed by atoms with Crippen LogP contribution >= 0.6 is 24.0 Å². The molecule has 1 aliphatic heterocycles. The number of hydrogen-bond donors (Lipinski definition) is 1. The van der Waals surface area contributed by atoms with Crippen LogP contribution in [-0.4, -0.2) is 39.2 Å². The normalized spacial score (nSPS) is 13.0. The first-order chi connectivity index (χ1) is 13.3. The number of nitrogens with zero attached hydrogens (tertiary/aromatic N) is 1. The van der Waals surface area contributed by atoms with E-state index in [2.05, 4.69) is 34.6 Å². The summed E-state index contributed by atoms with van der Waals surface area (Å²) in [5.41, 5.74) is 3.02. The monoisotopic (exact) mass is 416 g/mol. The third-order valence-corrected chi connectivity index (χ3v) is 4.81. The van der Waals surface area contributed by atoms with E-state index in [0.717, 1.165) is 52.1 Å². The van der Waals surface area contributed by atoms with Gasteiger partial charge in [0.05, 0.1) is 18.7 Å². The predicted octanol–water partition coefficient (Wildman–Crippen LogP) is 4.96. The number of ether oxygens (including phenoxy) is 2. The summed E-state index contributed by atoms with van der Waals surface area (Å²) in [6, 6.07) is 18.3. The lowest BCUT2D eigenvalue weighted by atomic mass is 9.93. The van der Waals surface area contributed by atoms with Crippen LogP contribution in [0.4, 0.5) is 0 Å². The maximum Gasteiger partial charge on any atom is 0.138 e. The molecule has 0 spiro atoms. The number of benzene rings is 3. The van der Waals surface area contributed by atoms with Crippen LogP contribution in [0.3, 0.4) is 0 Å². The molecule has 4 rings (SSSR count). The molecule has 4 nitrogen and oxygen atoms in total. The van der Waals surface area contributed by atoms with Gasteiger partial charge in [-0.2, -0.15) is 0 Å². The van der Waals surface area contributed by atoms with E-state index in [0.29, 0.717) is 18.2 Å². The number of hydrogen-bond acceptors (Lipinski definition) is 4. The maximum absolute atomic E-state index is 6.30. The third-order valence-electron chi connectivity index (χ3n) is 4.58. The van der Waals surface area contributed by atoms with Crippen molar-refractivity contribution in [1.29, 1.82) is 0 Å². The average Bonchev–Trinajstić information content (AvgIpc) is 3.22. The molecule has 3 aromatic rings. The average molecular weight is 417 g/mol. The summed E-state index contributed by atoms with van der Waals surface area (Å²) < 4.78 is 11.4. The molecule has 6 heteroatoms. The Morgan fingerprint density at radius 2 is 1.93 bits per heavy atom. The predicted molar refractivity (Wildman–Crippen MR) is 118 cm³/mol. The van der Waals surface area contributed by atoms with E-state index in [4.69, 9.17) is 21.1 Å². The molecule has 0 unspecified atom stereocenters. The first-order valence-corrected chi connectivity index (χ1v) is 9.38. The molecule has 0 aromatic heterocycles. The molecule has 0 aliphatic carbocycles. The van der Waals surface area contributed by atoms with Crippen LogP contribution in [0.25, 0.3) is 21.9 Å². The van der Waals surface area contributed by atoms with E-state index >= 15 is 0 Å². The number of rotatable bonds is 6. The molecule has 0 saturated carbocycles. The number of fused-ring (bicyclic) bond motifs is 1. The standard InChI is InChI=1S/C22H21ClN2O2.ClH/c1-26-11-12-27-21-19(22-24-9-10-25-22)14-15-5-2-3-8-18(15)20(21)16-6-4-7-17(23)13-16;/h2-8,13-14H,9-12H2,1H3,(H,24,25);1H. The van der Waals surface area contributed by atoms with Gasteiger partial charge in [-0.1, -0.05) is 48.0 Å². The summed E-state index contributed by atoms with van der Waals surface area (Å²) in [7, 11) is 1.67. The number of halogens is 2. The fourth-order valence-electron chi connectivity index (χ4n) is 3.39. The van der Waals surface area contributed by atoms with Gasteiger partial charge in [0.2, 0.25) is 0 Å². The van der Waals surface area contributed by atoms with E-state index in [-0.39, 0.29) is 12.4 Å². The molecule has 0 fully saturated rings. The van der Waals surface area contributed by atoms with Crippen molar-refractivity contribution in [3.05, 3.63) is 65.2 Å². The maximum atomic E-state index is 6.30. The van der Waals surface area contributed by atoms with Crippen molar-refractivity contribution in [1.82, 2.24) is 5.32 Å².